The molecule has 0 N–H and O–H groups in total. The molecule has 0 aliphatic heterocycles. The summed E-state index contributed by atoms with van der Waals surface area (Å²) in [6.07, 6.45) is 0. The van der Waals surface area contributed by atoms with E-state index in [1.165, 1.54) is 36.4 Å². The SMILES string of the molecule is O=[N+]([O-])c1ccc[c]([Bi+2]([c]2cccc([N+](=O)[O-])c2)[c]2cccc([N+](=O)[O-])c2)c1. The molecular formula is C18H12BiN3O6+2. The van der Waals surface area contributed by atoms with Gasteiger partial charge in [-0.2, -0.15) is 0 Å². The fourth-order valence-corrected chi connectivity index (χ4v) is 12.0. The number of nitro groups is 3. The predicted molar refractivity (Wildman–Crippen MR) is 104 cm³/mol. The van der Waals surface area contributed by atoms with Crippen LogP contribution in [0.15, 0.2) is 72.8 Å². The molecule has 9 nitrogen and oxygen atoms in total. The second kappa shape index (κ2) is 8.18. The van der Waals surface area contributed by atoms with Crippen LogP contribution in [0, 0.1) is 30.3 Å². The topological polar surface area (TPSA) is 129 Å². The van der Waals surface area contributed by atoms with E-state index in [0.29, 0.717) is 9.81 Å². The first-order valence-corrected chi connectivity index (χ1v) is 13.1. The maximum atomic E-state index is 11.2. The summed E-state index contributed by atoms with van der Waals surface area (Å²) in [5.74, 6) is 0. The van der Waals surface area contributed by atoms with E-state index in [-0.39, 0.29) is 17.1 Å². The third-order valence-corrected chi connectivity index (χ3v) is 13.2. The van der Waals surface area contributed by atoms with Crippen molar-refractivity contribution >= 4 is 48.6 Å². The van der Waals surface area contributed by atoms with E-state index in [4.69, 9.17) is 0 Å². The van der Waals surface area contributed by atoms with E-state index in [1.807, 2.05) is 0 Å². The third kappa shape index (κ3) is 4.18. The number of nitrogens with zero attached hydrogens (tertiary/aromatic N) is 3. The molecule has 28 heavy (non-hydrogen) atoms. The quantitative estimate of drug-likeness (QED) is 0.251. The van der Waals surface area contributed by atoms with Gasteiger partial charge in [-0.1, -0.05) is 0 Å². The van der Waals surface area contributed by atoms with Gasteiger partial charge in [0.15, 0.2) is 0 Å². The summed E-state index contributed by atoms with van der Waals surface area (Å²) < 4.78 is 2.10. The molecule has 0 bridgehead atoms. The molecule has 0 aromatic heterocycles. The molecule has 138 valence electrons. The van der Waals surface area contributed by atoms with Gasteiger partial charge in [0, 0.05) is 0 Å². The van der Waals surface area contributed by atoms with Gasteiger partial charge in [0.05, 0.1) is 0 Å². The van der Waals surface area contributed by atoms with Crippen LogP contribution < -0.4 is 9.81 Å². The molecule has 3 aromatic carbocycles. The van der Waals surface area contributed by atoms with Crippen LogP contribution in [-0.4, -0.2) is 36.5 Å². The van der Waals surface area contributed by atoms with Crippen LogP contribution in [0.1, 0.15) is 0 Å². The molecule has 0 unspecified atom stereocenters. The summed E-state index contributed by atoms with van der Waals surface area (Å²) in [4.78, 5) is 32.0. The summed E-state index contributed by atoms with van der Waals surface area (Å²) in [7, 11) is 0. The molecule has 0 fully saturated rings. The van der Waals surface area contributed by atoms with E-state index < -0.39 is 36.5 Å². The fourth-order valence-electron chi connectivity index (χ4n) is 2.68. The van der Waals surface area contributed by atoms with Gasteiger partial charge in [-0.15, -0.1) is 0 Å². The molecule has 0 radical (unpaired) electrons. The Hall–Kier alpha value is -3.26. The van der Waals surface area contributed by atoms with Gasteiger partial charge in [0.2, 0.25) is 0 Å². The molecule has 0 atom stereocenters. The second-order valence-corrected chi connectivity index (χ2v) is 14.3. The van der Waals surface area contributed by atoms with Crippen molar-refractivity contribution in [2.75, 3.05) is 0 Å². The van der Waals surface area contributed by atoms with Crippen LogP contribution >= 0.6 is 0 Å². The van der Waals surface area contributed by atoms with Gasteiger partial charge in [-0.3, -0.25) is 0 Å². The van der Waals surface area contributed by atoms with Crippen LogP contribution in [-0.2, 0) is 0 Å². The predicted octanol–water partition coefficient (Wildman–Crippen LogP) is 1.93. The van der Waals surface area contributed by atoms with Crippen molar-refractivity contribution in [3.63, 3.8) is 0 Å². The molecule has 10 heteroatoms. The van der Waals surface area contributed by atoms with Gasteiger partial charge >= 0.3 is 167 Å². The van der Waals surface area contributed by atoms with Crippen molar-refractivity contribution in [2.24, 2.45) is 0 Å². The average molecular weight is 575 g/mol. The molecule has 0 saturated heterocycles. The minimum atomic E-state index is -3.26. The Morgan fingerprint density at radius 2 is 0.821 bits per heavy atom. The Labute approximate surface area is 166 Å². The Balaban J connectivity index is 2.22. The summed E-state index contributed by atoms with van der Waals surface area (Å²) >= 11 is -3.26. The van der Waals surface area contributed by atoms with Gasteiger partial charge in [0.25, 0.3) is 0 Å². The standard InChI is InChI=1S/3C6H4NO2.Bi/c3*8-7(9)6-4-2-1-3-5-6;/h3*1-2,4-5H;/q;;;+2. The van der Waals surface area contributed by atoms with Crippen molar-refractivity contribution in [1.29, 1.82) is 0 Å². The first-order valence-electron chi connectivity index (χ1n) is 7.90. The zero-order valence-electron chi connectivity index (χ0n) is 14.2. The first-order chi connectivity index (χ1) is 13.4. The first kappa shape index (κ1) is 19.5. The molecule has 0 aliphatic rings. The minimum absolute atomic E-state index is 0.0895. The molecule has 0 spiro atoms. The third-order valence-electron chi connectivity index (χ3n) is 3.90. The number of rotatable bonds is 6. The van der Waals surface area contributed by atoms with Crippen molar-refractivity contribution in [3.8, 4) is 0 Å². The zero-order valence-corrected chi connectivity index (χ0v) is 17.6. The average Bonchev–Trinajstić information content (AvgIpc) is 2.69. The normalized spacial score (nSPS) is 10.3. The van der Waals surface area contributed by atoms with Gasteiger partial charge in [0.1, 0.15) is 0 Å². The van der Waals surface area contributed by atoms with E-state index in [0.717, 1.165) is 0 Å². The van der Waals surface area contributed by atoms with Crippen LogP contribution in [0.4, 0.5) is 17.1 Å². The molecule has 0 saturated carbocycles. The molecule has 0 heterocycles. The molecule has 0 amide bonds. The molecule has 0 aliphatic carbocycles. The van der Waals surface area contributed by atoms with E-state index in [2.05, 4.69) is 0 Å². The maximum absolute atomic E-state index is 11.2. The van der Waals surface area contributed by atoms with E-state index in [1.54, 1.807) is 36.4 Å². The molecule has 3 rings (SSSR count). The van der Waals surface area contributed by atoms with Crippen LogP contribution in [0.5, 0.6) is 0 Å². The molecule has 3 aromatic rings. The number of benzene rings is 3. The van der Waals surface area contributed by atoms with Crippen molar-refractivity contribution < 1.29 is 14.8 Å². The van der Waals surface area contributed by atoms with Crippen LogP contribution in [0.3, 0.4) is 0 Å². The Morgan fingerprint density at radius 1 is 0.536 bits per heavy atom. The zero-order chi connectivity index (χ0) is 20.3. The van der Waals surface area contributed by atoms with Crippen molar-refractivity contribution in [2.45, 2.75) is 0 Å². The van der Waals surface area contributed by atoms with Crippen LogP contribution in [0.2, 0.25) is 0 Å². The summed E-state index contributed by atoms with van der Waals surface area (Å²) in [6.45, 7) is 0. The summed E-state index contributed by atoms with van der Waals surface area (Å²) in [5, 5.41) is 33.6. The Bertz CT molecular complexity index is 951. The van der Waals surface area contributed by atoms with E-state index >= 15 is 0 Å². The van der Waals surface area contributed by atoms with Crippen LogP contribution in [0.25, 0.3) is 0 Å². The van der Waals surface area contributed by atoms with E-state index in [9.17, 15) is 30.3 Å². The second-order valence-electron chi connectivity index (χ2n) is 5.67. The monoisotopic (exact) mass is 575 g/mol. The molecular weight excluding hydrogens is 563 g/mol. The van der Waals surface area contributed by atoms with Crippen molar-refractivity contribution in [3.05, 3.63) is 103 Å². The number of non-ortho nitro benzene ring substituents is 3. The van der Waals surface area contributed by atoms with Gasteiger partial charge < -0.3 is 0 Å². The number of nitro benzene ring substituents is 3. The fraction of sp³-hybridized carbons (Fsp3) is 0. The van der Waals surface area contributed by atoms with Gasteiger partial charge in [-0.25, -0.2) is 0 Å². The number of hydrogen-bond donors (Lipinski definition) is 0. The Morgan fingerprint density at radius 3 is 1.07 bits per heavy atom. The number of hydrogen-bond acceptors (Lipinski definition) is 6. The Kier molecular flexibility index (Phi) is 5.70. The van der Waals surface area contributed by atoms with Crippen molar-refractivity contribution in [1.82, 2.24) is 0 Å². The van der Waals surface area contributed by atoms with Gasteiger partial charge in [-0.05, 0) is 0 Å². The summed E-state index contributed by atoms with van der Waals surface area (Å²) in [5.41, 5.74) is -0.268. The summed E-state index contributed by atoms with van der Waals surface area (Å²) in [6, 6.07) is 18.4.